The van der Waals surface area contributed by atoms with Crippen LogP contribution in [0.3, 0.4) is 0 Å². The lowest BCUT2D eigenvalue weighted by molar-refractivity contribution is -0.115. The quantitative estimate of drug-likeness (QED) is 0.518. The number of rotatable bonds is 9. The summed E-state index contributed by atoms with van der Waals surface area (Å²) in [6, 6.07) is 9.15. The molecule has 0 spiro atoms. The second kappa shape index (κ2) is 9.15. The summed E-state index contributed by atoms with van der Waals surface area (Å²) in [4.78, 5) is 23.0. The first-order valence-electron chi connectivity index (χ1n) is 7.78. The van der Waals surface area contributed by atoms with Crippen molar-refractivity contribution >= 4 is 11.6 Å². The Kier molecular flexibility index (Phi) is 6.84. The summed E-state index contributed by atoms with van der Waals surface area (Å²) in [6.07, 6.45) is 5.67. The highest BCUT2D eigenvalue weighted by Crippen LogP contribution is 2.16. The molecule has 1 aliphatic carbocycles. The zero-order chi connectivity index (χ0) is 15.6. The minimum absolute atomic E-state index is 0.00252. The highest BCUT2D eigenvalue weighted by Gasteiger charge is 2.10. The summed E-state index contributed by atoms with van der Waals surface area (Å²) >= 11 is 0. The Labute approximate surface area is 131 Å². The number of carbonyl (C=O) groups excluding carboxylic acids is 2. The van der Waals surface area contributed by atoms with Crippen LogP contribution in [-0.4, -0.2) is 31.4 Å². The molecule has 0 amide bonds. The topological polar surface area (TPSA) is 52.6 Å². The number of ketones is 2. The number of Topliss-reactive ketones (excluding diaryl/α,β-unsaturated/α-hetero) is 1. The molecule has 0 N–H and O–H groups in total. The monoisotopic (exact) mass is 302 g/mol. The van der Waals surface area contributed by atoms with E-state index in [9.17, 15) is 9.59 Å². The molecule has 1 aromatic carbocycles. The van der Waals surface area contributed by atoms with Crippen molar-refractivity contribution in [1.29, 1.82) is 0 Å². The summed E-state index contributed by atoms with van der Waals surface area (Å²) in [5.74, 6) is 0.961. The van der Waals surface area contributed by atoms with Crippen LogP contribution in [0.25, 0.3) is 0 Å². The lowest BCUT2D eigenvalue weighted by Gasteiger charge is -2.13. The lowest BCUT2D eigenvalue weighted by atomic mass is 10.1. The highest BCUT2D eigenvalue weighted by molar-refractivity contribution is 5.97. The number of unbranched alkanes of at least 4 members (excludes halogenated alkanes) is 1. The fraction of sp³-hybridized carbons (Fsp3) is 0.444. The number of hydrogen-bond donors (Lipinski definition) is 0. The summed E-state index contributed by atoms with van der Waals surface area (Å²) in [5.41, 5.74) is 0.680. The van der Waals surface area contributed by atoms with Crippen LogP contribution in [0.2, 0.25) is 0 Å². The van der Waals surface area contributed by atoms with Crippen LogP contribution in [0.15, 0.2) is 42.2 Å². The number of allylic oxidation sites excluding steroid dienone is 2. The van der Waals surface area contributed by atoms with Crippen LogP contribution >= 0.6 is 0 Å². The normalized spacial score (nSPS) is 14.5. The molecule has 0 aromatic heterocycles. The van der Waals surface area contributed by atoms with E-state index in [4.69, 9.17) is 9.47 Å². The molecular formula is C18H22O4. The first-order valence-corrected chi connectivity index (χ1v) is 7.78. The SMILES string of the molecule is O=C1C=C(OCCCCOCC(=O)c2ccccc2)CCC1. The second-order valence-electron chi connectivity index (χ2n) is 5.33. The Balaban J connectivity index is 1.51. The lowest BCUT2D eigenvalue weighted by Crippen LogP contribution is -2.10. The van der Waals surface area contributed by atoms with Gasteiger partial charge in [-0.2, -0.15) is 0 Å². The van der Waals surface area contributed by atoms with Gasteiger partial charge >= 0.3 is 0 Å². The van der Waals surface area contributed by atoms with Crippen molar-refractivity contribution in [2.45, 2.75) is 32.1 Å². The van der Waals surface area contributed by atoms with Gasteiger partial charge in [0, 0.05) is 31.1 Å². The van der Waals surface area contributed by atoms with Gasteiger partial charge in [0.2, 0.25) is 0 Å². The van der Waals surface area contributed by atoms with Gasteiger partial charge in [-0.25, -0.2) is 0 Å². The molecule has 118 valence electrons. The van der Waals surface area contributed by atoms with Gasteiger partial charge in [0.05, 0.1) is 12.4 Å². The molecule has 0 radical (unpaired) electrons. The molecule has 0 heterocycles. The highest BCUT2D eigenvalue weighted by atomic mass is 16.5. The first-order chi connectivity index (χ1) is 10.8. The Bertz CT molecular complexity index is 519. The van der Waals surface area contributed by atoms with E-state index < -0.39 is 0 Å². The van der Waals surface area contributed by atoms with Crippen LogP contribution in [0.5, 0.6) is 0 Å². The van der Waals surface area contributed by atoms with Crippen molar-refractivity contribution in [3.63, 3.8) is 0 Å². The third-order valence-electron chi connectivity index (χ3n) is 3.47. The molecule has 4 nitrogen and oxygen atoms in total. The van der Waals surface area contributed by atoms with Crippen molar-refractivity contribution in [3.8, 4) is 0 Å². The Morgan fingerprint density at radius 1 is 1.05 bits per heavy atom. The number of carbonyl (C=O) groups is 2. The van der Waals surface area contributed by atoms with Crippen molar-refractivity contribution in [3.05, 3.63) is 47.7 Å². The fourth-order valence-corrected chi connectivity index (χ4v) is 2.26. The molecule has 2 rings (SSSR count). The Morgan fingerprint density at radius 2 is 1.82 bits per heavy atom. The predicted octanol–water partition coefficient (Wildman–Crippen LogP) is 3.32. The van der Waals surface area contributed by atoms with Crippen LogP contribution in [0, 0.1) is 0 Å². The molecule has 0 saturated heterocycles. The van der Waals surface area contributed by atoms with Gasteiger partial charge in [0.25, 0.3) is 0 Å². The number of ether oxygens (including phenoxy) is 2. The van der Waals surface area contributed by atoms with Crippen LogP contribution in [0.1, 0.15) is 42.5 Å². The first kappa shape index (κ1) is 16.4. The Hall–Kier alpha value is -1.94. The maximum atomic E-state index is 11.8. The van der Waals surface area contributed by atoms with E-state index in [0.29, 0.717) is 25.2 Å². The minimum Gasteiger partial charge on any atom is -0.498 e. The van der Waals surface area contributed by atoms with Gasteiger partial charge in [-0.15, -0.1) is 0 Å². The van der Waals surface area contributed by atoms with E-state index in [1.54, 1.807) is 18.2 Å². The van der Waals surface area contributed by atoms with Gasteiger partial charge in [0.1, 0.15) is 6.61 Å². The zero-order valence-electron chi connectivity index (χ0n) is 12.8. The Morgan fingerprint density at radius 3 is 2.59 bits per heavy atom. The molecule has 0 unspecified atom stereocenters. The summed E-state index contributed by atoms with van der Waals surface area (Å²) in [6.45, 7) is 1.25. The van der Waals surface area contributed by atoms with E-state index in [1.165, 1.54) is 0 Å². The molecule has 22 heavy (non-hydrogen) atoms. The molecule has 1 aliphatic rings. The summed E-state index contributed by atoms with van der Waals surface area (Å²) in [5, 5.41) is 0. The third-order valence-corrected chi connectivity index (χ3v) is 3.47. The van der Waals surface area contributed by atoms with E-state index >= 15 is 0 Å². The van der Waals surface area contributed by atoms with Gasteiger partial charge in [0.15, 0.2) is 11.6 Å². The van der Waals surface area contributed by atoms with Crippen molar-refractivity contribution in [1.82, 2.24) is 0 Å². The van der Waals surface area contributed by atoms with Crippen LogP contribution in [-0.2, 0) is 14.3 Å². The molecular weight excluding hydrogens is 280 g/mol. The van der Waals surface area contributed by atoms with Crippen molar-refractivity contribution < 1.29 is 19.1 Å². The predicted molar refractivity (Wildman–Crippen MR) is 83.7 cm³/mol. The molecule has 0 aliphatic heterocycles. The van der Waals surface area contributed by atoms with Gasteiger partial charge < -0.3 is 9.47 Å². The van der Waals surface area contributed by atoms with E-state index in [1.807, 2.05) is 18.2 Å². The molecule has 0 atom stereocenters. The van der Waals surface area contributed by atoms with Gasteiger partial charge in [-0.1, -0.05) is 30.3 Å². The standard InChI is InChI=1S/C18H22O4/c19-16-9-6-10-17(13-16)22-12-5-4-11-21-14-18(20)15-7-2-1-3-8-15/h1-3,7-8,13H,4-6,9-12,14H2. The molecule has 0 fully saturated rings. The fourth-order valence-electron chi connectivity index (χ4n) is 2.26. The summed E-state index contributed by atoms with van der Waals surface area (Å²) < 4.78 is 11.0. The van der Waals surface area contributed by atoms with Crippen LogP contribution in [0.4, 0.5) is 0 Å². The second-order valence-corrected chi connectivity index (χ2v) is 5.33. The van der Waals surface area contributed by atoms with E-state index in [2.05, 4.69) is 0 Å². The number of benzene rings is 1. The van der Waals surface area contributed by atoms with Gasteiger partial charge in [-0.05, 0) is 19.3 Å². The zero-order valence-corrected chi connectivity index (χ0v) is 12.8. The van der Waals surface area contributed by atoms with Gasteiger partial charge in [-0.3, -0.25) is 9.59 Å². The smallest absolute Gasteiger partial charge is 0.188 e. The van der Waals surface area contributed by atoms with E-state index in [-0.39, 0.29) is 18.2 Å². The maximum Gasteiger partial charge on any atom is 0.188 e. The van der Waals surface area contributed by atoms with Crippen molar-refractivity contribution in [2.24, 2.45) is 0 Å². The van der Waals surface area contributed by atoms with Crippen molar-refractivity contribution in [2.75, 3.05) is 19.8 Å². The van der Waals surface area contributed by atoms with Crippen LogP contribution < -0.4 is 0 Å². The average molecular weight is 302 g/mol. The average Bonchev–Trinajstić information content (AvgIpc) is 2.54. The molecule has 4 heteroatoms. The summed E-state index contributed by atoms with van der Waals surface area (Å²) in [7, 11) is 0. The molecule has 1 aromatic rings. The van der Waals surface area contributed by atoms with E-state index in [0.717, 1.165) is 31.4 Å². The minimum atomic E-state index is 0.00252. The maximum absolute atomic E-state index is 11.8. The molecule has 0 saturated carbocycles. The molecule has 0 bridgehead atoms. The number of hydrogen-bond acceptors (Lipinski definition) is 4. The largest absolute Gasteiger partial charge is 0.498 e. The third kappa shape index (κ3) is 5.82.